The van der Waals surface area contributed by atoms with Crippen molar-refractivity contribution >= 4 is 23.3 Å². The monoisotopic (exact) mass is 313 g/mol. The Bertz CT molecular complexity index is 729. The second kappa shape index (κ2) is 7.31. The number of aromatic hydroxyl groups is 1. The van der Waals surface area contributed by atoms with Gasteiger partial charge in [-0.1, -0.05) is 18.2 Å². The largest absolute Gasteiger partial charge is 0.508 e. The molecule has 23 heavy (non-hydrogen) atoms. The minimum absolute atomic E-state index is 0.154. The van der Waals surface area contributed by atoms with Crippen molar-refractivity contribution in [2.75, 3.05) is 17.7 Å². The third kappa shape index (κ3) is 4.74. The molecule has 3 amide bonds. The smallest absolute Gasteiger partial charge is 0.318 e. The first-order valence-electron chi connectivity index (χ1n) is 7.15. The van der Waals surface area contributed by atoms with Gasteiger partial charge in [0, 0.05) is 18.4 Å². The summed E-state index contributed by atoms with van der Waals surface area (Å²) in [5, 5.41) is 17.5. The Morgan fingerprint density at radius 1 is 1.04 bits per heavy atom. The predicted octanol–water partition coefficient (Wildman–Crippen LogP) is 2.63. The maximum Gasteiger partial charge on any atom is 0.318 e. The van der Waals surface area contributed by atoms with E-state index in [1.165, 1.54) is 7.05 Å². The van der Waals surface area contributed by atoms with E-state index in [0.717, 1.165) is 11.1 Å². The van der Waals surface area contributed by atoms with Crippen LogP contribution in [0.5, 0.6) is 5.75 Å². The molecule has 0 aliphatic rings. The lowest BCUT2D eigenvalue weighted by atomic mass is 10.1. The molecule has 0 heterocycles. The van der Waals surface area contributed by atoms with Crippen LogP contribution < -0.4 is 16.0 Å². The highest BCUT2D eigenvalue weighted by Gasteiger charge is 2.07. The van der Waals surface area contributed by atoms with Gasteiger partial charge in [-0.15, -0.1) is 0 Å². The Morgan fingerprint density at radius 2 is 1.74 bits per heavy atom. The van der Waals surface area contributed by atoms with Gasteiger partial charge in [0.25, 0.3) is 0 Å². The third-order valence-electron chi connectivity index (χ3n) is 3.27. The highest BCUT2D eigenvalue weighted by Crippen LogP contribution is 2.19. The van der Waals surface area contributed by atoms with Gasteiger partial charge in [0.15, 0.2) is 0 Å². The molecular weight excluding hydrogens is 294 g/mol. The van der Waals surface area contributed by atoms with Gasteiger partial charge in [0.2, 0.25) is 5.91 Å². The summed E-state index contributed by atoms with van der Waals surface area (Å²) in [5.74, 6) is -0.0302. The van der Waals surface area contributed by atoms with Crippen LogP contribution in [0, 0.1) is 6.92 Å². The first-order chi connectivity index (χ1) is 11.0. The molecule has 0 bridgehead atoms. The number of urea groups is 1. The Kier molecular flexibility index (Phi) is 5.19. The number of carbonyl (C=O) groups excluding carboxylic acids is 2. The number of anilines is 2. The SMILES string of the molecule is CNC(=O)Nc1cccc(NC(=O)Cc2ccc(C)c(O)c2)c1. The number of nitrogens with one attached hydrogen (secondary N) is 3. The molecule has 120 valence electrons. The van der Waals surface area contributed by atoms with Crippen LogP contribution in [0.1, 0.15) is 11.1 Å². The van der Waals surface area contributed by atoms with Crippen LogP contribution in [0.25, 0.3) is 0 Å². The average Bonchev–Trinajstić information content (AvgIpc) is 2.51. The zero-order chi connectivity index (χ0) is 16.8. The van der Waals surface area contributed by atoms with Crippen LogP contribution in [0.2, 0.25) is 0 Å². The highest BCUT2D eigenvalue weighted by molar-refractivity contribution is 5.94. The van der Waals surface area contributed by atoms with Crippen LogP contribution in [0.3, 0.4) is 0 Å². The first kappa shape index (κ1) is 16.4. The Balaban J connectivity index is 2.00. The summed E-state index contributed by atoms with van der Waals surface area (Å²) in [5.41, 5.74) is 2.66. The summed E-state index contributed by atoms with van der Waals surface area (Å²) in [6, 6.07) is 11.7. The molecule has 0 radical (unpaired) electrons. The maximum absolute atomic E-state index is 12.1. The Labute approximate surface area is 134 Å². The summed E-state index contributed by atoms with van der Waals surface area (Å²) < 4.78 is 0. The quantitative estimate of drug-likeness (QED) is 0.699. The van der Waals surface area contributed by atoms with Gasteiger partial charge in [-0.3, -0.25) is 4.79 Å². The van der Waals surface area contributed by atoms with E-state index < -0.39 is 0 Å². The molecule has 2 aromatic rings. The molecule has 0 unspecified atom stereocenters. The molecule has 6 heteroatoms. The number of hydrogen-bond donors (Lipinski definition) is 4. The molecule has 0 spiro atoms. The lowest BCUT2D eigenvalue weighted by Gasteiger charge is -2.09. The molecule has 2 rings (SSSR count). The summed E-state index contributed by atoms with van der Waals surface area (Å²) in [6.07, 6.45) is 0.154. The number of rotatable bonds is 4. The molecule has 4 N–H and O–H groups in total. The number of phenolic OH excluding ortho intramolecular Hbond substituents is 1. The predicted molar refractivity (Wildman–Crippen MR) is 89.7 cm³/mol. The topological polar surface area (TPSA) is 90.5 Å². The van der Waals surface area contributed by atoms with Crippen molar-refractivity contribution in [1.82, 2.24) is 5.32 Å². The van der Waals surface area contributed by atoms with Crippen LogP contribution in [0.15, 0.2) is 42.5 Å². The van der Waals surface area contributed by atoms with Crippen LogP contribution in [-0.2, 0) is 11.2 Å². The van der Waals surface area contributed by atoms with E-state index in [4.69, 9.17) is 0 Å². The van der Waals surface area contributed by atoms with Crippen molar-refractivity contribution in [3.05, 3.63) is 53.6 Å². The van der Waals surface area contributed by atoms with Gasteiger partial charge < -0.3 is 21.1 Å². The lowest BCUT2D eigenvalue weighted by Crippen LogP contribution is -2.24. The molecule has 0 saturated heterocycles. The molecule has 0 saturated carbocycles. The fourth-order valence-corrected chi connectivity index (χ4v) is 2.02. The first-order valence-corrected chi connectivity index (χ1v) is 7.15. The second-order valence-corrected chi connectivity index (χ2v) is 5.13. The van der Waals surface area contributed by atoms with Gasteiger partial charge in [0.05, 0.1) is 6.42 Å². The molecule has 0 atom stereocenters. The summed E-state index contributed by atoms with van der Waals surface area (Å²) in [4.78, 5) is 23.4. The summed E-state index contributed by atoms with van der Waals surface area (Å²) in [7, 11) is 1.53. The van der Waals surface area contributed by atoms with E-state index in [2.05, 4.69) is 16.0 Å². The summed E-state index contributed by atoms with van der Waals surface area (Å²) >= 11 is 0. The lowest BCUT2D eigenvalue weighted by molar-refractivity contribution is -0.115. The van der Waals surface area contributed by atoms with Gasteiger partial charge in [-0.25, -0.2) is 4.79 Å². The highest BCUT2D eigenvalue weighted by atomic mass is 16.3. The van der Waals surface area contributed by atoms with E-state index in [-0.39, 0.29) is 24.1 Å². The van der Waals surface area contributed by atoms with Crippen molar-refractivity contribution < 1.29 is 14.7 Å². The van der Waals surface area contributed by atoms with Crippen molar-refractivity contribution in [2.45, 2.75) is 13.3 Å². The van der Waals surface area contributed by atoms with Crippen molar-refractivity contribution in [3.8, 4) is 5.75 Å². The number of carbonyl (C=O) groups is 2. The molecule has 2 aromatic carbocycles. The minimum Gasteiger partial charge on any atom is -0.508 e. The number of hydrogen-bond acceptors (Lipinski definition) is 3. The Hall–Kier alpha value is -3.02. The second-order valence-electron chi connectivity index (χ2n) is 5.13. The molecule has 6 nitrogen and oxygen atoms in total. The fraction of sp³-hybridized carbons (Fsp3) is 0.176. The van der Waals surface area contributed by atoms with Crippen molar-refractivity contribution in [3.63, 3.8) is 0 Å². The van der Waals surface area contributed by atoms with Gasteiger partial charge in [-0.2, -0.15) is 0 Å². The van der Waals surface area contributed by atoms with Gasteiger partial charge in [0.1, 0.15) is 5.75 Å². The molecule has 0 aliphatic heterocycles. The minimum atomic E-state index is -0.330. The van der Waals surface area contributed by atoms with Crippen LogP contribution in [0.4, 0.5) is 16.2 Å². The van der Waals surface area contributed by atoms with E-state index in [9.17, 15) is 14.7 Å². The van der Waals surface area contributed by atoms with Gasteiger partial charge in [-0.05, 0) is 42.3 Å². The number of phenols is 1. The third-order valence-corrected chi connectivity index (χ3v) is 3.27. The fourth-order valence-electron chi connectivity index (χ4n) is 2.02. The van der Waals surface area contributed by atoms with Crippen LogP contribution >= 0.6 is 0 Å². The standard InChI is InChI=1S/C17H19N3O3/c1-11-6-7-12(8-15(11)21)9-16(22)19-13-4-3-5-14(10-13)20-17(23)18-2/h3-8,10,21H,9H2,1-2H3,(H,19,22)(H2,18,20,23). The summed E-state index contributed by atoms with van der Waals surface area (Å²) in [6.45, 7) is 1.80. The number of aryl methyl sites for hydroxylation is 1. The molecule has 0 aromatic heterocycles. The van der Waals surface area contributed by atoms with E-state index in [1.54, 1.807) is 49.4 Å². The maximum atomic E-state index is 12.1. The number of amides is 3. The normalized spacial score (nSPS) is 10.0. The van der Waals surface area contributed by atoms with Crippen molar-refractivity contribution in [1.29, 1.82) is 0 Å². The van der Waals surface area contributed by atoms with Crippen molar-refractivity contribution in [2.24, 2.45) is 0 Å². The Morgan fingerprint density at radius 3 is 2.39 bits per heavy atom. The average molecular weight is 313 g/mol. The van der Waals surface area contributed by atoms with E-state index in [1.807, 2.05) is 0 Å². The number of benzene rings is 2. The molecular formula is C17H19N3O3. The molecule has 0 aliphatic carbocycles. The van der Waals surface area contributed by atoms with Gasteiger partial charge >= 0.3 is 6.03 Å². The van der Waals surface area contributed by atoms with E-state index in [0.29, 0.717) is 11.4 Å². The van der Waals surface area contributed by atoms with E-state index >= 15 is 0 Å². The molecule has 0 fully saturated rings. The zero-order valence-corrected chi connectivity index (χ0v) is 13.0. The van der Waals surface area contributed by atoms with Crippen LogP contribution in [-0.4, -0.2) is 24.1 Å². The zero-order valence-electron chi connectivity index (χ0n) is 13.0.